The molecule has 1 N–H and O–H groups in total. The predicted molar refractivity (Wildman–Crippen MR) is 73.8 cm³/mol. The van der Waals surface area contributed by atoms with Gasteiger partial charge in [0.1, 0.15) is 5.82 Å². The molecule has 0 saturated carbocycles. The van der Waals surface area contributed by atoms with E-state index in [9.17, 15) is 4.39 Å². The lowest BCUT2D eigenvalue weighted by Gasteiger charge is -2.22. The van der Waals surface area contributed by atoms with Crippen LogP contribution in [0, 0.1) is 17.7 Å². The molecule has 2 unspecified atom stereocenters. The zero-order valence-corrected chi connectivity index (χ0v) is 11.9. The third-order valence-corrected chi connectivity index (χ3v) is 3.08. The zero-order chi connectivity index (χ0) is 13.5. The van der Waals surface area contributed by atoms with E-state index >= 15 is 0 Å². The molecule has 1 rings (SSSR count). The number of hydrogen-bond acceptors (Lipinski definition) is 2. The Kier molecular flexibility index (Phi) is 6.27. The van der Waals surface area contributed by atoms with Crippen LogP contribution in [0.3, 0.4) is 0 Å². The number of nitrogens with one attached hydrogen (secondary N) is 1. The van der Waals surface area contributed by atoms with Gasteiger partial charge in [-0.3, -0.25) is 4.98 Å². The summed E-state index contributed by atoms with van der Waals surface area (Å²) in [7, 11) is 0. The van der Waals surface area contributed by atoms with Crippen LogP contribution in [0.5, 0.6) is 0 Å². The zero-order valence-electron chi connectivity index (χ0n) is 11.9. The predicted octanol–water partition coefficient (Wildman–Crippen LogP) is 3.94. The van der Waals surface area contributed by atoms with Gasteiger partial charge in [-0.1, -0.05) is 27.7 Å². The lowest BCUT2D eigenvalue weighted by Crippen LogP contribution is -2.25. The van der Waals surface area contributed by atoms with Crippen LogP contribution >= 0.6 is 0 Å². The average Bonchev–Trinajstić information content (AvgIpc) is 2.28. The van der Waals surface area contributed by atoms with Crippen LogP contribution in [-0.2, 0) is 0 Å². The smallest absolute Gasteiger partial charge is 0.146 e. The second-order valence-corrected chi connectivity index (χ2v) is 5.45. The molecule has 1 aromatic heterocycles. The number of aromatic nitrogens is 1. The fraction of sp³-hybridized carbons (Fsp3) is 0.667. The minimum Gasteiger partial charge on any atom is -0.309 e. The van der Waals surface area contributed by atoms with Crippen molar-refractivity contribution in [3.05, 3.63) is 29.8 Å². The molecule has 3 heteroatoms. The van der Waals surface area contributed by atoms with Crippen LogP contribution in [0.15, 0.2) is 18.3 Å². The number of rotatable bonds is 7. The summed E-state index contributed by atoms with van der Waals surface area (Å²) in [5.74, 6) is 1.03. The van der Waals surface area contributed by atoms with E-state index in [0.29, 0.717) is 17.5 Å². The normalized spacial score (nSPS) is 14.8. The molecule has 0 fully saturated rings. The van der Waals surface area contributed by atoms with Gasteiger partial charge in [-0.05, 0) is 43.4 Å². The van der Waals surface area contributed by atoms with Crippen LogP contribution < -0.4 is 5.32 Å². The molecule has 0 aliphatic heterocycles. The first kappa shape index (κ1) is 15.1. The van der Waals surface area contributed by atoms with Crippen LogP contribution in [-0.4, -0.2) is 11.5 Å². The van der Waals surface area contributed by atoms with E-state index in [1.807, 2.05) is 6.92 Å². The lowest BCUT2D eigenvalue weighted by atomic mass is 9.91. The third kappa shape index (κ3) is 4.73. The first-order valence-corrected chi connectivity index (χ1v) is 6.88. The van der Waals surface area contributed by atoms with Crippen LogP contribution in [0.2, 0.25) is 0 Å². The van der Waals surface area contributed by atoms with Gasteiger partial charge in [0.25, 0.3) is 0 Å². The first-order chi connectivity index (χ1) is 8.54. The Balaban J connectivity index is 2.74. The van der Waals surface area contributed by atoms with Gasteiger partial charge in [-0.15, -0.1) is 0 Å². The Morgan fingerprint density at radius 3 is 2.56 bits per heavy atom. The largest absolute Gasteiger partial charge is 0.309 e. The summed E-state index contributed by atoms with van der Waals surface area (Å²) in [6, 6.07) is 3.14. The molecule has 0 radical (unpaired) electrons. The number of hydrogen-bond donors (Lipinski definition) is 1. The molecule has 0 amide bonds. The number of pyridine rings is 1. The molecular formula is C15H25FN2. The van der Waals surface area contributed by atoms with Crippen molar-refractivity contribution in [2.75, 3.05) is 6.54 Å². The van der Waals surface area contributed by atoms with E-state index < -0.39 is 0 Å². The van der Waals surface area contributed by atoms with Crippen molar-refractivity contribution in [2.45, 2.75) is 46.6 Å². The van der Waals surface area contributed by atoms with Crippen LogP contribution in [0.4, 0.5) is 4.39 Å². The van der Waals surface area contributed by atoms with E-state index in [-0.39, 0.29) is 11.9 Å². The quantitative estimate of drug-likeness (QED) is 0.795. The van der Waals surface area contributed by atoms with Crippen molar-refractivity contribution in [2.24, 2.45) is 11.8 Å². The molecule has 0 aliphatic rings. The minimum atomic E-state index is -0.208. The lowest BCUT2D eigenvalue weighted by molar-refractivity contribution is 0.349. The SMILES string of the molecule is CCNC(CC(C)CC(C)C)c1ncccc1F. The van der Waals surface area contributed by atoms with E-state index in [2.05, 4.69) is 31.1 Å². The Morgan fingerprint density at radius 2 is 2.00 bits per heavy atom. The Hall–Kier alpha value is -0.960. The molecule has 0 bridgehead atoms. The highest BCUT2D eigenvalue weighted by molar-refractivity contribution is 5.11. The van der Waals surface area contributed by atoms with E-state index in [1.54, 1.807) is 12.3 Å². The summed E-state index contributed by atoms with van der Waals surface area (Å²) < 4.78 is 13.8. The average molecular weight is 252 g/mol. The van der Waals surface area contributed by atoms with Gasteiger partial charge < -0.3 is 5.32 Å². The molecule has 2 atom stereocenters. The molecule has 0 aromatic carbocycles. The summed E-state index contributed by atoms with van der Waals surface area (Å²) in [6.45, 7) is 9.54. The molecule has 1 aromatic rings. The summed E-state index contributed by atoms with van der Waals surface area (Å²) in [5, 5.41) is 3.34. The highest BCUT2D eigenvalue weighted by atomic mass is 19.1. The van der Waals surface area contributed by atoms with E-state index in [1.165, 1.54) is 6.07 Å². The Morgan fingerprint density at radius 1 is 1.28 bits per heavy atom. The van der Waals surface area contributed by atoms with Crippen molar-refractivity contribution >= 4 is 0 Å². The molecule has 18 heavy (non-hydrogen) atoms. The molecule has 102 valence electrons. The number of nitrogens with zero attached hydrogens (tertiary/aromatic N) is 1. The van der Waals surface area contributed by atoms with E-state index in [4.69, 9.17) is 0 Å². The molecular weight excluding hydrogens is 227 g/mol. The van der Waals surface area contributed by atoms with Crippen molar-refractivity contribution < 1.29 is 4.39 Å². The fourth-order valence-electron chi connectivity index (χ4n) is 2.50. The Labute approximate surface area is 110 Å². The van der Waals surface area contributed by atoms with Crippen LogP contribution in [0.25, 0.3) is 0 Å². The maximum absolute atomic E-state index is 13.8. The second kappa shape index (κ2) is 7.47. The summed E-state index contributed by atoms with van der Waals surface area (Å²) >= 11 is 0. The van der Waals surface area contributed by atoms with Gasteiger partial charge in [-0.25, -0.2) is 4.39 Å². The van der Waals surface area contributed by atoms with Gasteiger partial charge >= 0.3 is 0 Å². The van der Waals surface area contributed by atoms with Gasteiger partial charge in [0, 0.05) is 6.20 Å². The van der Waals surface area contributed by atoms with Gasteiger partial charge in [0.15, 0.2) is 0 Å². The summed E-state index contributed by atoms with van der Waals surface area (Å²) in [6.07, 6.45) is 3.76. The highest BCUT2D eigenvalue weighted by Crippen LogP contribution is 2.25. The van der Waals surface area contributed by atoms with Crippen molar-refractivity contribution in [3.63, 3.8) is 0 Å². The summed E-state index contributed by atoms with van der Waals surface area (Å²) in [4.78, 5) is 4.19. The van der Waals surface area contributed by atoms with Gasteiger partial charge in [0.2, 0.25) is 0 Å². The third-order valence-electron chi connectivity index (χ3n) is 3.08. The van der Waals surface area contributed by atoms with Gasteiger partial charge in [-0.2, -0.15) is 0 Å². The standard InChI is InChI=1S/C15H25FN2/c1-5-17-14(10-12(4)9-11(2)3)15-13(16)7-6-8-18-15/h6-8,11-12,14,17H,5,9-10H2,1-4H3. The molecule has 1 heterocycles. The maximum atomic E-state index is 13.8. The van der Waals surface area contributed by atoms with Crippen LogP contribution in [0.1, 0.15) is 52.3 Å². The fourth-order valence-corrected chi connectivity index (χ4v) is 2.50. The maximum Gasteiger partial charge on any atom is 0.146 e. The van der Waals surface area contributed by atoms with Crippen molar-refractivity contribution in [1.29, 1.82) is 0 Å². The minimum absolute atomic E-state index is 0.0185. The van der Waals surface area contributed by atoms with Gasteiger partial charge in [0.05, 0.1) is 11.7 Å². The highest BCUT2D eigenvalue weighted by Gasteiger charge is 2.19. The Bertz CT molecular complexity index is 352. The number of halogens is 1. The van der Waals surface area contributed by atoms with Crippen molar-refractivity contribution in [3.8, 4) is 0 Å². The second-order valence-electron chi connectivity index (χ2n) is 5.45. The summed E-state index contributed by atoms with van der Waals surface area (Å²) in [5.41, 5.74) is 0.551. The first-order valence-electron chi connectivity index (χ1n) is 6.88. The monoisotopic (exact) mass is 252 g/mol. The van der Waals surface area contributed by atoms with E-state index in [0.717, 1.165) is 19.4 Å². The molecule has 0 saturated heterocycles. The van der Waals surface area contributed by atoms with Crippen molar-refractivity contribution in [1.82, 2.24) is 10.3 Å². The molecule has 2 nitrogen and oxygen atoms in total. The molecule has 0 spiro atoms. The molecule has 0 aliphatic carbocycles. The topological polar surface area (TPSA) is 24.9 Å².